The SMILES string of the molecule is CN(C)C(=O)c1ccccc1OCc1nnc(C2CCCOC2)o1. The predicted octanol–water partition coefficient (Wildman–Crippen LogP) is 2.24. The van der Waals surface area contributed by atoms with E-state index in [1.807, 2.05) is 6.07 Å². The zero-order chi connectivity index (χ0) is 16.9. The van der Waals surface area contributed by atoms with Crippen LogP contribution in [-0.4, -0.2) is 48.3 Å². The van der Waals surface area contributed by atoms with Crippen LogP contribution in [0.2, 0.25) is 0 Å². The molecule has 0 bridgehead atoms. The van der Waals surface area contributed by atoms with E-state index < -0.39 is 0 Å². The van der Waals surface area contributed by atoms with Crippen LogP contribution in [0.5, 0.6) is 5.75 Å². The highest BCUT2D eigenvalue weighted by Gasteiger charge is 2.22. The van der Waals surface area contributed by atoms with Gasteiger partial charge in [0, 0.05) is 20.7 Å². The van der Waals surface area contributed by atoms with Crippen LogP contribution in [0.1, 0.15) is 40.9 Å². The average molecular weight is 331 g/mol. The zero-order valence-electron chi connectivity index (χ0n) is 13.9. The van der Waals surface area contributed by atoms with Crippen LogP contribution in [-0.2, 0) is 11.3 Å². The van der Waals surface area contributed by atoms with Gasteiger partial charge in [-0.2, -0.15) is 0 Å². The highest BCUT2D eigenvalue weighted by Crippen LogP contribution is 2.25. The molecular formula is C17H21N3O4. The minimum atomic E-state index is -0.115. The van der Waals surface area contributed by atoms with E-state index in [-0.39, 0.29) is 18.4 Å². The quantitative estimate of drug-likeness (QED) is 0.836. The van der Waals surface area contributed by atoms with Crippen LogP contribution in [0.4, 0.5) is 0 Å². The van der Waals surface area contributed by atoms with Crippen LogP contribution >= 0.6 is 0 Å². The Morgan fingerprint density at radius 1 is 1.33 bits per heavy atom. The molecule has 1 fully saturated rings. The molecular weight excluding hydrogens is 310 g/mol. The Labute approximate surface area is 140 Å². The summed E-state index contributed by atoms with van der Waals surface area (Å²) in [6.07, 6.45) is 1.99. The first-order valence-electron chi connectivity index (χ1n) is 7.98. The number of hydrogen-bond acceptors (Lipinski definition) is 6. The topological polar surface area (TPSA) is 77.7 Å². The van der Waals surface area contributed by atoms with E-state index in [1.54, 1.807) is 32.3 Å². The summed E-state index contributed by atoms with van der Waals surface area (Å²) in [5.41, 5.74) is 0.503. The van der Waals surface area contributed by atoms with Gasteiger partial charge in [0.2, 0.25) is 5.89 Å². The summed E-state index contributed by atoms with van der Waals surface area (Å²) in [5.74, 6) is 1.52. The van der Waals surface area contributed by atoms with E-state index in [1.165, 1.54) is 4.90 Å². The van der Waals surface area contributed by atoms with Crippen LogP contribution in [0, 0.1) is 0 Å². The minimum Gasteiger partial charge on any atom is -0.483 e. The fourth-order valence-electron chi connectivity index (χ4n) is 2.57. The summed E-state index contributed by atoms with van der Waals surface area (Å²) in [6, 6.07) is 7.11. The number of para-hydroxylation sites is 1. The second kappa shape index (κ2) is 7.44. The fraction of sp³-hybridized carbons (Fsp3) is 0.471. The monoisotopic (exact) mass is 331 g/mol. The molecule has 3 rings (SSSR count). The number of nitrogens with zero attached hydrogens (tertiary/aromatic N) is 3. The maximum atomic E-state index is 12.2. The van der Waals surface area contributed by atoms with Gasteiger partial charge in [-0.05, 0) is 25.0 Å². The molecule has 2 aromatic rings. The van der Waals surface area contributed by atoms with Crippen molar-refractivity contribution >= 4 is 5.91 Å². The van der Waals surface area contributed by atoms with Gasteiger partial charge in [-0.3, -0.25) is 4.79 Å². The van der Waals surface area contributed by atoms with E-state index in [2.05, 4.69) is 10.2 Å². The minimum absolute atomic E-state index is 0.115. The van der Waals surface area contributed by atoms with Crippen molar-refractivity contribution in [2.75, 3.05) is 27.3 Å². The molecule has 0 aliphatic carbocycles. The summed E-state index contributed by atoms with van der Waals surface area (Å²) in [7, 11) is 3.41. The second-order valence-electron chi connectivity index (χ2n) is 5.93. The number of aromatic nitrogens is 2. The average Bonchev–Trinajstić information content (AvgIpc) is 3.09. The van der Waals surface area contributed by atoms with E-state index in [4.69, 9.17) is 13.9 Å². The van der Waals surface area contributed by atoms with Crippen LogP contribution in [0.3, 0.4) is 0 Å². The lowest BCUT2D eigenvalue weighted by atomic mass is 10.0. The van der Waals surface area contributed by atoms with Crippen molar-refractivity contribution in [2.45, 2.75) is 25.4 Å². The van der Waals surface area contributed by atoms with Crippen LogP contribution in [0.25, 0.3) is 0 Å². The molecule has 7 heteroatoms. The molecule has 1 saturated heterocycles. The first kappa shape index (κ1) is 16.4. The summed E-state index contributed by atoms with van der Waals surface area (Å²) in [5, 5.41) is 8.11. The molecule has 1 aliphatic rings. The van der Waals surface area contributed by atoms with Gasteiger partial charge < -0.3 is 18.8 Å². The lowest BCUT2D eigenvalue weighted by molar-refractivity contribution is 0.0716. The summed E-state index contributed by atoms with van der Waals surface area (Å²) >= 11 is 0. The van der Waals surface area contributed by atoms with Crippen molar-refractivity contribution in [2.24, 2.45) is 0 Å². The van der Waals surface area contributed by atoms with Gasteiger partial charge in [0.05, 0.1) is 18.1 Å². The van der Waals surface area contributed by atoms with Crippen LogP contribution in [0.15, 0.2) is 28.7 Å². The normalized spacial score (nSPS) is 17.5. The van der Waals surface area contributed by atoms with Crippen molar-refractivity contribution < 1.29 is 18.7 Å². The Bertz CT molecular complexity index is 693. The molecule has 0 N–H and O–H groups in total. The predicted molar refractivity (Wildman–Crippen MR) is 85.9 cm³/mol. The highest BCUT2D eigenvalue weighted by atomic mass is 16.5. The lowest BCUT2D eigenvalue weighted by Crippen LogP contribution is -2.22. The van der Waals surface area contributed by atoms with Crippen molar-refractivity contribution in [3.8, 4) is 5.75 Å². The number of rotatable bonds is 5. The number of amides is 1. The number of hydrogen-bond donors (Lipinski definition) is 0. The third-order valence-corrected chi connectivity index (χ3v) is 3.87. The van der Waals surface area contributed by atoms with E-state index >= 15 is 0 Å². The van der Waals surface area contributed by atoms with Gasteiger partial charge in [0.1, 0.15) is 5.75 Å². The van der Waals surface area contributed by atoms with Gasteiger partial charge in [0.25, 0.3) is 11.8 Å². The molecule has 1 aromatic heterocycles. The number of ether oxygens (including phenoxy) is 2. The zero-order valence-corrected chi connectivity index (χ0v) is 13.9. The molecule has 7 nitrogen and oxygen atoms in total. The molecule has 0 saturated carbocycles. The van der Waals surface area contributed by atoms with Crippen LogP contribution < -0.4 is 4.74 Å². The third-order valence-electron chi connectivity index (χ3n) is 3.87. The summed E-state index contributed by atoms with van der Waals surface area (Å²) in [4.78, 5) is 13.7. The van der Waals surface area contributed by atoms with E-state index in [0.29, 0.717) is 29.7 Å². The Kier molecular flexibility index (Phi) is 5.10. The molecule has 1 amide bonds. The van der Waals surface area contributed by atoms with Gasteiger partial charge in [-0.1, -0.05) is 12.1 Å². The molecule has 1 aromatic carbocycles. The number of benzene rings is 1. The standard InChI is InChI=1S/C17H21N3O4/c1-20(2)17(21)13-7-3-4-8-14(13)23-11-15-18-19-16(24-15)12-6-5-9-22-10-12/h3-4,7-8,12H,5-6,9-11H2,1-2H3. The summed E-state index contributed by atoms with van der Waals surface area (Å²) in [6.45, 7) is 1.53. The first-order valence-corrected chi connectivity index (χ1v) is 7.98. The smallest absolute Gasteiger partial charge is 0.257 e. The first-order chi connectivity index (χ1) is 11.6. The Morgan fingerprint density at radius 2 is 2.17 bits per heavy atom. The molecule has 1 unspecified atom stereocenters. The van der Waals surface area contributed by atoms with Gasteiger partial charge >= 0.3 is 0 Å². The second-order valence-corrected chi connectivity index (χ2v) is 5.93. The van der Waals surface area contributed by atoms with Crippen molar-refractivity contribution in [1.82, 2.24) is 15.1 Å². The Hall–Kier alpha value is -2.41. The van der Waals surface area contributed by atoms with Gasteiger partial charge in [0.15, 0.2) is 6.61 Å². The molecule has 24 heavy (non-hydrogen) atoms. The van der Waals surface area contributed by atoms with E-state index in [0.717, 1.165) is 19.4 Å². The molecule has 128 valence electrons. The largest absolute Gasteiger partial charge is 0.483 e. The molecule has 1 atom stereocenters. The number of carbonyl (C=O) groups is 1. The Morgan fingerprint density at radius 3 is 2.92 bits per heavy atom. The molecule has 2 heterocycles. The molecule has 1 aliphatic heterocycles. The molecule has 0 radical (unpaired) electrons. The third kappa shape index (κ3) is 3.73. The van der Waals surface area contributed by atoms with Crippen molar-refractivity contribution in [3.63, 3.8) is 0 Å². The van der Waals surface area contributed by atoms with E-state index in [9.17, 15) is 4.79 Å². The lowest BCUT2D eigenvalue weighted by Gasteiger charge is -2.18. The Balaban J connectivity index is 1.66. The maximum Gasteiger partial charge on any atom is 0.257 e. The highest BCUT2D eigenvalue weighted by molar-refractivity contribution is 5.96. The van der Waals surface area contributed by atoms with Gasteiger partial charge in [-0.25, -0.2) is 0 Å². The van der Waals surface area contributed by atoms with Crippen molar-refractivity contribution in [3.05, 3.63) is 41.6 Å². The molecule has 0 spiro atoms. The number of carbonyl (C=O) groups excluding carboxylic acids is 1. The van der Waals surface area contributed by atoms with Crippen molar-refractivity contribution in [1.29, 1.82) is 0 Å². The van der Waals surface area contributed by atoms with Gasteiger partial charge in [-0.15, -0.1) is 10.2 Å². The maximum absolute atomic E-state index is 12.2. The summed E-state index contributed by atoms with van der Waals surface area (Å²) < 4.78 is 16.8. The fourth-order valence-corrected chi connectivity index (χ4v) is 2.57.